The Morgan fingerprint density at radius 2 is 1.67 bits per heavy atom. The molecule has 1 aliphatic heterocycles. The van der Waals surface area contributed by atoms with Gasteiger partial charge in [0, 0.05) is 38.4 Å². The molecule has 2 amide bonds. The first-order valence-electron chi connectivity index (χ1n) is 9.53. The average Bonchev–Trinajstić information content (AvgIpc) is 2.64. The maximum Gasteiger partial charge on any atom is 0.321 e. The first kappa shape index (κ1) is 19.4. The number of carbonyl (C=O) groups is 1. The number of amides is 2. The number of nitrogens with zero attached hydrogens (tertiary/aromatic N) is 2. The summed E-state index contributed by atoms with van der Waals surface area (Å²) in [6, 6.07) is 11.1. The van der Waals surface area contributed by atoms with Gasteiger partial charge in [-0.1, -0.05) is 35.9 Å². The zero-order valence-corrected chi connectivity index (χ0v) is 16.4. The third-order valence-corrected chi connectivity index (χ3v) is 5.22. The second-order valence-electron chi connectivity index (χ2n) is 7.37. The van der Waals surface area contributed by atoms with Gasteiger partial charge < -0.3 is 10.2 Å². The molecule has 3 rings (SSSR count). The van der Waals surface area contributed by atoms with E-state index >= 15 is 0 Å². The van der Waals surface area contributed by atoms with Gasteiger partial charge in [-0.15, -0.1) is 0 Å². The van der Waals surface area contributed by atoms with Crippen molar-refractivity contribution in [3.8, 4) is 0 Å². The number of aryl methyl sites for hydroxylation is 3. The van der Waals surface area contributed by atoms with Crippen molar-refractivity contribution in [1.29, 1.82) is 0 Å². The first-order chi connectivity index (χ1) is 12.9. The molecule has 1 aliphatic rings. The van der Waals surface area contributed by atoms with Crippen molar-refractivity contribution in [3.05, 3.63) is 64.5 Å². The van der Waals surface area contributed by atoms with E-state index in [2.05, 4.69) is 29.3 Å². The molecule has 0 bridgehead atoms. The SMILES string of the molecule is Cc1cc(C)c(NC(=O)N2CCN(CCc3ccccc3F)CC2)c(C)c1. The summed E-state index contributed by atoms with van der Waals surface area (Å²) in [6.45, 7) is 9.92. The van der Waals surface area contributed by atoms with Gasteiger partial charge in [-0.3, -0.25) is 4.90 Å². The third-order valence-electron chi connectivity index (χ3n) is 5.22. The Balaban J connectivity index is 1.50. The van der Waals surface area contributed by atoms with E-state index in [1.165, 1.54) is 11.6 Å². The van der Waals surface area contributed by atoms with Crippen LogP contribution in [0.3, 0.4) is 0 Å². The lowest BCUT2D eigenvalue weighted by Crippen LogP contribution is -2.50. The lowest BCUT2D eigenvalue weighted by Gasteiger charge is -2.35. The number of rotatable bonds is 4. The summed E-state index contributed by atoms with van der Waals surface area (Å²) in [5.74, 6) is -0.139. The molecule has 5 heteroatoms. The Bertz CT molecular complexity index is 790. The van der Waals surface area contributed by atoms with Crippen molar-refractivity contribution >= 4 is 11.7 Å². The number of hydrogen-bond acceptors (Lipinski definition) is 2. The fraction of sp³-hybridized carbons (Fsp3) is 0.409. The predicted molar refractivity (Wildman–Crippen MR) is 108 cm³/mol. The van der Waals surface area contributed by atoms with Gasteiger partial charge in [0.25, 0.3) is 0 Å². The number of carbonyl (C=O) groups excluding carboxylic acids is 1. The van der Waals surface area contributed by atoms with Gasteiger partial charge in [-0.05, 0) is 49.9 Å². The van der Waals surface area contributed by atoms with Crippen LogP contribution >= 0.6 is 0 Å². The standard InChI is InChI=1S/C22H28FN3O/c1-16-14-17(2)21(18(3)15-16)24-22(27)26-12-10-25(11-13-26)9-8-19-6-4-5-7-20(19)23/h4-7,14-15H,8-13H2,1-3H3,(H,24,27). The highest BCUT2D eigenvalue weighted by molar-refractivity contribution is 5.91. The summed E-state index contributed by atoms with van der Waals surface area (Å²) < 4.78 is 13.7. The fourth-order valence-electron chi connectivity index (χ4n) is 3.72. The molecule has 4 nitrogen and oxygen atoms in total. The van der Waals surface area contributed by atoms with Crippen LogP contribution < -0.4 is 5.32 Å². The molecule has 1 N–H and O–H groups in total. The molecular weight excluding hydrogens is 341 g/mol. The topological polar surface area (TPSA) is 35.6 Å². The third kappa shape index (κ3) is 4.86. The minimum Gasteiger partial charge on any atom is -0.322 e. The molecule has 1 fully saturated rings. The Labute approximate surface area is 161 Å². The fourth-order valence-corrected chi connectivity index (χ4v) is 3.72. The Kier molecular flexibility index (Phi) is 6.11. The molecule has 2 aromatic rings. The van der Waals surface area contributed by atoms with E-state index in [4.69, 9.17) is 0 Å². The lowest BCUT2D eigenvalue weighted by atomic mass is 10.1. The van der Waals surface area contributed by atoms with Crippen molar-refractivity contribution in [2.24, 2.45) is 0 Å². The number of benzene rings is 2. The van der Waals surface area contributed by atoms with E-state index in [9.17, 15) is 9.18 Å². The second-order valence-corrected chi connectivity index (χ2v) is 7.37. The van der Waals surface area contributed by atoms with Gasteiger partial charge in [0.15, 0.2) is 0 Å². The van der Waals surface area contributed by atoms with Crippen molar-refractivity contribution in [3.63, 3.8) is 0 Å². The van der Waals surface area contributed by atoms with Gasteiger partial charge in [-0.2, -0.15) is 0 Å². The van der Waals surface area contributed by atoms with Crippen LogP contribution in [0.15, 0.2) is 36.4 Å². The molecule has 0 radical (unpaired) electrons. The van der Waals surface area contributed by atoms with E-state index in [0.29, 0.717) is 19.5 Å². The molecule has 0 unspecified atom stereocenters. The van der Waals surface area contributed by atoms with E-state index in [1.807, 2.05) is 30.9 Å². The highest BCUT2D eigenvalue weighted by atomic mass is 19.1. The van der Waals surface area contributed by atoms with E-state index in [-0.39, 0.29) is 11.8 Å². The number of nitrogens with one attached hydrogen (secondary N) is 1. The predicted octanol–water partition coefficient (Wildman–Crippen LogP) is 4.14. The summed E-state index contributed by atoms with van der Waals surface area (Å²) >= 11 is 0. The number of hydrogen-bond donors (Lipinski definition) is 1. The zero-order chi connectivity index (χ0) is 19.4. The molecule has 0 atom stereocenters. The highest BCUT2D eigenvalue weighted by Gasteiger charge is 2.22. The summed E-state index contributed by atoms with van der Waals surface area (Å²) in [5, 5.41) is 3.07. The molecule has 0 aromatic heterocycles. The van der Waals surface area contributed by atoms with E-state index in [1.54, 1.807) is 6.07 Å². The summed E-state index contributed by atoms with van der Waals surface area (Å²) in [4.78, 5) is 16.8. The molecule has 0 spiro atoms. The van der Waals surface area contributed by atoms with E-state index in [0.717, 1.165) is 42.0 Å². The van der Waals surface area contributed by atoms with Crippen LogP contribution in [0.1, 0.15) is 22.3 Å². The van der Waals surface area contributed by atoms with Crippen LogP contribution in [0.2, 0.25) is 0 Å². The Morgan fingerprint density at radius 1 is 1.04 bits per heavy atom. The van der Waals surface area contributed by atoms with Gasteiger partial charge in [-0.25, -0.2) is 9.18 Å². The monoisotopic (exact) mass is 369 g/mol. The Hall–Kier alpha value is -2.40. The summed E-state index contributed by atoms with van der Waals surface area (Å²) in [7, 11) is 0. The van der Waals surface area contributed by atoms with Gasteiger partial charge in [0.05, 0.1) is 0 Å². The number of anilines is 1. The highest BCUT2D eigenvalue weighted by Crippen LogP contribution is 2.22. The van der Waals surface area contributed by atoms with Crippen LogP contribution in [0.5, 0.6) is 0 Å². The lowest BCUT2D eigenvalue weighted by molar-refractivity contribution is 0.148. The maximum absolute atomic E-state index is 13.7. The molecular formula is C22H28FN3O. The van der Waals surface area contributed by atoms with Gasteiger partial charge in [0.2, 0.25) is 0 Å². The summed E-state index contributed by atoms with van der Waals surface area (Å²) in [5.41, 5.74) is 5.04. The van der Waals surface area contributed by atoms with Crippen LogP contribution in [-0.2, 0) is 6.42 Å². The average molecular weight is 369 g/mol. The van der Waals surface area contributed by atoms with E-state index < -0.39 is 0 Å². The van der Waals surface area contributed by atoms with Crippen molar-refractivity contribution < 1.29 is 9.18 Å². The molecule has 0 saturated carbocycles. The number of urea groups is 1. The maximum atomic E-state index is 13.7. The second kappa shape index (κ2) is 8.53. The molecule has 1 heterocycles. The van der Waals surface area contributed by atoms with Gasteiger partial charge in [0.1, 0.15) is 5.82 Å². The largest absolute Gasteiger partial charge is 0.322 e. The molecule has 27 heavy (non-hydrogen) atoms. The number of halogens is 1. The van der Waals surface area contributed by atoms with Crippen LogP contribution in [0.4, 0.5) is 14.9 Å². The smallest absolute Gasteiger partial charge is 0.321 e. The van der Waals surface area contributed by atoms with Crippen LogP contribution in [0, 0.1) is 26.6 Å². The number of piperazine rings is 1. The van der Waals surface area contributed by atoms with Crippen LogP contribution in [-0.4, -0.2) is 48.6 Å². The van der Waals surface area contributed by atoms with Crippen molar-refractivity contribution in [1.82, 2.24) is 9.80 Å². The molecule has 1 saturated heterocycles. The zero-order valence-electron chi connectivity index (χ0n) is 16.4. The molecule has 0 aliphatic carbocycles. The quantitative estimate of drug-likeness (QED) is 0.879. The van der Waals surface area contributed by atoms with Crippen molar-refractivity contribution in [2.75, 3.05) is 38.0 Å². The molecule has 144 valence electrons. The minimum absolute atomic E-state index is 0.0428. The molecule has 2 aromatic carbocycles. The van der Waals surface area contributed by atoms with Gasteiger partial charge >= 0.3 is 6.03 Å². The Morgan fingerprint density at radius 3 is 2.30 bits per heavy atom. The normalized spacial score (nSPS) is 15.0. The minimum atomic E-state index is -0.139. The summed E-state index contributed by atoms with van der Waals surface area (Å²) in [6.07, 6.45) is 0.695. The van der Waals surface area contributed by atoms with Crippen LogP contribution in [0.25, 0.3) is 0 Å². The first-order valence-corrected chi connectivity index (χ1v) is 9.53. The van der Waals surface area contributed by atoms with Crippen molar-refractivity contribution in [2.45, 2.75) is 27.2 Å².